The Morgan fingerprint density at radius 1 is 1.30 bits per heavy atom. The van der Waals surface area contributed by atoms with Crippen LogP contribution in [0.25, 0.3) is 0 Å². The molecule has 0 aromatic heterocycles. The number of amides is 2. The number of nitrogens with one attached hydrogen (secondary N) is 1. The molecule has 2 amide bonds. The van der Waals surface area contributed by atoms with Gasteiger partial charge < -0.3 is 15.3 Å². The van der Waals surface area contributed by atoms with Gasteiger partial charge >= 0.3 is 0 Å². The van der Waals surface area contributed by atoms with Crippen LogP contribution in [-0.2, 0) is 16.0 Å². The molecule has 0 radical (unpaired) electrons. The molecular formula is C18H26N2O3. The second kappa shape index (κ2) is 8.11. The molecule has 0 spiro atoms. The van der Waals surface area contributed by atoms with Gasteiger partial charge in [-0.15, -0.1) is 0 Å². The first kappa shape index (κ1) is 17.5. The van der Waals surface area contributed by atoms with Crippen molar-refractivity contribution in [3.05, 3.63) is 29.8 Å². The van der Waals surface area contributed by atoms with Crippen LogP contribution < -0.4 is 10.2 Å². The molecule has 1 aromatic carbocycles. The minimum absolute atomic E-state index is 0.0571. The minimum atomic E-state index is -0.357. The Morgan fingerprint density at radius 3 is 2.78 bits per heavy atom. The van der Waals surface area contributed by atoms with Crippen molar-refractivity contribution in [2.45, 2.75) is 45.6 Å². The third-order valence-electron chi connectivity index (χ3n) is 4.15. The highest BCUT2D eigenvalue weighted by molar-refractivity contribution is 5.96. The normalized spacial score (nSPS) is 16.7. The number of anilines is 1. The minimum Gasteiger partial charge on any atom is -0.393 e. The molecule has 1 heterocycles. The first-order valence-corrected chi connectivity index (χ1v) is 8.30. The Balaban J connectivity index is 1.83. The number of carbonyl (C=O) groups excluding carboxylic acids is 2. The molecule has 23 heavy (non-hydrogen) atoms. The molecule has 2 rings (SSSR count). The number of aliphatic hydroxyl groups excluding tert-OH is 1. The maximum Gasteiger partial charge on any atom is 0.227 e. The van der Waals surface area contributed by atoms with Crippen molar-refractivity contribution in [3.8, 4) is 0 Å². The Hall–Kier alpha value is -1.88. The van der Waals surface area contributed by atoms with Gasteiger partial charge in [0.25, 0.3) is 0 Å². The monoisotopic (exact) mass is 318 g/mol. The lowest BCUT2D eigenvalue weighted by Crippen LogP contribution is -2.38. The number of hydrogen-bond donors (Lipinski definition) is 2. The highest BCUT2D eigenvalue weighted by Crippen LogP contribution is 2.27. The number of para-hydroxylation sites is 1. The lowest BCUT2D eigenvalue weighted by molar-refractivity contribution is -0.121. The average Bonchev–Trinajstić information content (AvgIpc) is 2.51. The van der Waals surface area contributed by atoms with Gasteiger partial charge in [0.15, 0.2) is 0 Å². The predicted octanol–water partition coefficient (Wildman–Crippen LogP) is 1.88. The highest BCUT2D eigenvalue weighted by Gasteiger charge is 2.23. The molecule has 0 saturated heterocycles. The highest BCUT2D eigenvalue weighted by atomic mass is 16.3. The van der Waals surface area contributed by atoms with Crippen LogP contribution in [0.5, 0.6) is 0 Å². The summed E-state index contributed by atoms with van der Waals surface area (Å²) < 4.78 is 0. The van der Waals surface area contributed by atoms with Crippen LogP contribution in [0.4, 0.5) is 5.69 Å². The average molecular weight is 318 g/mol. The number of rotatable bonds is 7. The fourth-order valence-electron chi connectivity index (χ4n) is 3.00. The predicted molar refractivity (Wildman–Crippen MR) is 90.2 cm³/mol. The lowest BCUT2D eigenvalue weighted by atomic mass is 10.0. The molecule has 0 saturated carbocycles. The molecule has 0 bridgehead atoms. The Bertz CT molecular complexity index is 557. The van der Waals surface area contributed by atoms with E-state index in [0.717, 1.165) is 17.7 Å². The van der Waals surface area contributed by atoms with E-state index in [1.54, 1.807) is 11.8 Å². The molecule has 1 aromatic rings. The summed E-state index contributed by atoms with van der Waals surface area (Å²) in [4.78, 5) is 25.8. The van der Waals surface area contributed by atoms with E-state index in [0.29, 0.717) is 32.4 Å². The van der Waals surface area contributed by atoms with Crippen LogP contribution in [0, 0.1) is 5.92 Å². The lowest BCUT2D eigenvalue weighted by Gasteiger charge is -2.29. The van der Waals surface area contributed by atoms with E-state index in [4.69, 9.17) is 0 Å². The van der Waals surface area contributed by atoms with E-state index in [-0.39, 0.29) is 23.8 Å². The molecule has 2 atom stereocenters. The molecule has 0 fully saturated rings. The molecule has 2 unspecified atom stereocenters. The van der Waals surface area contributed by atoms with Crippen LogP contribution in [0.15, 0.2) is 24.3 Å². The maximum absolute atomic E-state index is 12.1. The van der Waals surface area contributed by atoms with E-state index in [1.165, 1.54) is 0 Å². The van der Waals surface area contributed by atoms with Gasteiger partial charge in [0.05, 0.1) is 6.10 Å². The molecule has 1 aliphatic heterocycles. The first-order valence-electron chi connectivity index (χ1n) is 8.30. The standard InChI is InChI=1S/C18H26N2O3/c1-13(11-14(2)21)12-19-17(22)9-10-20-16-6-4-3-5-15(16)7-8-18(20)23/h3-6,13-14,21H,7-12H2,1-2H3,(H,19,22). The summed E-state index contributed by atoms with van der Waals surface area (Å²) in [5.41, 5.74) is 2.09. The Labute approximate surface area is 137 Å². The zero-order chi connectivity index (χ0) is 16.8. The number of fused-ring (bicyclic) bond motifs is 1. The third kappa shape index (κ3) is 5.06. The number of aliphatic hydroxyl groups is 1. The van der Waals surface area contributed by atoms with Crippen LogP contribution >= 0.6 is 0 Å². The van der Waals surface area contributed by atoms with Gasteiger partial charge in [-0.1, -0.05) is 25.1 Å². The molecule has 5 nitrogen and oxygen atoms in total. The van der Waals surface area contributed by atoms with Gasteiger partial charge in [-0.05, 0) is 37.3 Å². The summed E-state index contributed by atoms with van der Waals surface area (Å²) in [6.07, 6.45) is 1.88. The summed E-state index contributed by atoms with van der Waals surface area (Å²) >= 11 is 0. The largest absolute Gasteiger partial charge is 0.393 e. The summed E-state index contributed by atoms with van der Waals surface area (Å²) in [5, 5.41) is 12.2. The van der Waals surface area contributed by atoms with Crippen LogP contribution in [0.3, 0.4) is 0 Å². The van der Waals surface area contributed by atoms with E-state index in [9.17, 15) is 14.7 Å². The zero-order valence-corrected chi connectivity index (χ0v) is 13.9. The molecule has 126 valence electrons. The van der Waals surface area contributed by atoms with Crippen molar-refractivity contribution < 1.29 is 14.7 Å². The van der Waals surface area contributed by atoms with Crippen LogP contribution in [0.2, 0.25) is 0 Å². The quantitative estimate of drug-likeness (QED) is 0.806. The van der Waals surface area contributed by atoms with Crippen molar-refractivity contribution in [1.29, 1.82) is 0 Å². The van der Waals surface area contributed by atoms with Gasteiger partial charge in [-0.25, -0.2) is 0 Å². The molecule has 0 aliphatic carbocycles. The number of aryl methyl sites for hydroxylation is 1. The van der Waals surface area contributed by atoms with Crippen molar-refractivity contribution in [3.63, 3.8) is 0 Å². The fourth-order valence-corrected chi connectivity index (χ4v) is 3.00. The summed E-state index contributed by atoms with van der Waals surface area (Å²) in [6, 6.07) is 7.87. The van der Waals surface area contributed by atoms with Gasteiger partial charge in [0.1, 0.15) is 0 Å². The summed E-state index contributed by atoms with van der Waals surface area (Å²) in [5.74, 6) is 0.258. The van der Waals surface area contributed by atoms with E-state index >= 15 is 0 Å². The van der Waals surface area contributed by atoms with Gasteiger partial charge in [-0.2, -0.15) is 0 Å². The number of benzene rings is 1. The van der Waals surface area contributed by atoms with Gasteiger partial charge in [0.2, 0.25) is 11.8 Å². The summed E-state index contributed by atoms with van der Waals surface area (Å²) in [6.45, 7) is 4.70. The van der Waals surface area contributed by atoms with E-state index in [2.05, 4.69) is 5.32 Å². The van der Waals surface area contributed by atoms with Gasteiger partial charge in [0, 0.05) is 31.6 Å². The van der Waals surface area contributed by atoms with Gasteiger partial charge in [-0.3, -0.25) is 9.59 Å². The second-order valence-corrected chi connectivity index (χ2v) is 6.42. The van der Waals surface area contributed by atoms with Crippen molar-refractivity contribution in [2.24, 2.45) is 5.92 Å². The van der Waals surface area contributed by atoms with E-state index < -0.39 is 0 Å². The smallest absolute Gasteiger partial charge is 0.227 e. The van der Waals surface area contributed by atoms with E-state index in [1.807, 2.05) is 31.2 Å². The van der Waals surface area contributed by atoms with Crippen LogP contribution in [0.1, 0.15) is 38.7 Å². The number of nitrogens with zero attached hydrogens (tertiary/aromatic N) is 1. The van der Waals surface area contributed by atoms with Crippen molar-refractivity contribution in [1.82, 2.24) is 5.32 Å². The molecule has 2 N–H and O–H groups in total. The molecule has 5 heteroatoms. The Kier molecular flexibility index (Phi) is 6.16. The van der Waals surface area contributed by atoms with Crippen molar-refractivity contribution >= 4 is 17.5 Å². The maximum atomic E-state index is 12.1. The Morgan fingerprint density at radius 2 is 2.04 bits per heavy atom. The topological polar surface area (TPSA) is 69.6 Å². The SMILES string of the molecule is CC(O)CC(C)CNC(=O)CCN1C(=O)CCc2ccccc21. The fraction of sp³-hybridized carbons (Fsp3) is 0.556. The number of hydrogen-bond acceptors (Lipinski definition) is 3. The van der Waals surface area contributed by atoms with Crippen LogP contribution in [-0.4, -0.2) is 36.1 Å². The zero-order valence-electron chi connectivity index (χ0n) is 13.9. The van der Waals surface area contributed by atoms with Crippen molar-refractivity contribution in [2.75, 3.05) is 18.0 Å². The molecular weight excluding hydrogens is 292 g/mol. The first-order chi connectivity index (χ1) is 11.0. The molecule has 1 aliphatic rings. The second-order valence-electron chi connectivity index (χ2n) is 6.42. The summed E-state index contributed by atoms with van der Waals surface area (Å²) in [7, 11) is 0. The number of carbonyl (C=O) groups is 2. The third-order valence-corrected chi connectivity index (χ3v) is 4.15.